The van der Waals surface area contributed by atoms with Crippen LogP contribution in [0.1, 0.15) is 44.7 Å². The predicted molar refractivity (Wildman–Crippen MR) is 129 cm³/mol. The third-order valence-electron chi connectivity index (χ3n) is 7.60. The molecule has 3 aromatic carbocycles. The zero-order valence-electron chi connectivity index (χ0n) is 18.9. The summed E-state index contributed by atoms with van der Waals surface area (Å²) in [6, 6.07) is 21.0. The largest absolute Gasteiger partial charge is 0.497 e. The lowest BCUT2D eigenvalue weighted by Crippen LogP contribution is -2.48. The van der Waals surface area contributed by atoms with Gasteiger partial charge in [0.2, 0.25) is 0 Å². The summed E-state index contributed by atoms with van der Waals surface area (Å²) in [6.45, 7) is 1.55. The fraction of sp³-hybridized carbons (Fsp3) is 0.207. The molecule has 34 heavy (non-hydrogen) atoms. The fourth-order valence-corrected chi connectivity index (χ4v) is 6.25. The first-order chi connectivity index (χ1) is 16.5. The Morgan fingerprint density at radius 2 is 1.50 bits per heavy atom. The molecule has 5 heteroatoms. The van der Waals surface area contributed by atoms with Crippen LogP contribution in [-0.4, -0.2) is 36.5 Å². The van der Waals surface area contributed by atoms with Crippen molar-refractivity contribution in [1.29, 1.82) is 0 Å². The van der Waals surface area contributed by atoms with Gasteiger partial charge in [0, 0.05) is 22.7 Å². The molecule has 1 aliphatic carbocycles. The number of carbonyl (C=O) groups excluding carboxylic acids is 3. The monoisotopic (exact) mass is 449 g/mol. The Hall–Kier alpha value is -3.99. The van der Waals surface area contributed by atoms with Crippen LogP contribution in [0.5, 0.6) is 5.75 Å². The van der Waals surface area contributed by atoms with Gasteiger partial charge in [-0.15, -0.1) is 0 Å². The van der Waals surface area contributed by atoms with Crippen LogP contribution in [0, 0.1) is 5.41 Å². The zero-order valence-corrected chi connectivity index (χ0v) is 18.9. The first kappa shape index (κ1) is 20.6. The average molecular weight is 450 g/mol. The summed E-state index contributed by atoms with van der Waals surface area (Å²) in [5, 5.41) is 0. The van der Waals surface area contributed by atoms with Crippen molar-refractivity contribution in [2.75, 3.05) is 12.0 Å². The maximum atomic E-state index is 14.3. The number of para-hydroxylation sites is 1. The third kappa shape index (κ3) is 2.47. The van der Waals surface area contributed by atoms with E-state index in [9.17, 15) is 14.4 Å². The number of Topliss-reactive ketones (excluding diaryl/α,β-unsaturated/α-hetero) is 3. The number of ether oxygens (including phenoxy) is 1. The summed E-state index contributed by atoms with van der Waals surface area (Å²) in [4.78, 5) is 43.9. The minimum atomic E-state index is -1.43. The van der Waals surface area contributed by atoms with Crippen LogP contribution in [0.4, 0.5) is 5.69 Å². The van der Waals surface area contributed by atoms with Gasteiger partial charge in [-0.05, 0) is 36.2 Å². The molecule has 3 aromatic rings. The highest BCUT2D eigenvalue weighted by molar-refractivity contribution is 6.32. The number of hydrogen-bond donors (Lipinski definition) is 0. The standard InChI is InChI=1S/C29H23NO4/c1-17(31)26-25(19-11-14-20(34-2)15-12-19)29(27(32)21-8-4-5-9-22(21)28(29)33)24-16-13-18-7-3-6-10-23(18)30(24)26/h3-16,24-26H,1-2H3. The van der Waals surface area contributed by atoms with E-state index >= 15 is 0 Å². The molecule has 0 saturated carbocycles. The number of carbonyl (C=O) groups is 3. The summed E-state index contributed by atoms with van der Waals surface area (Å²) in [7, 11) is 1.59. The van der Waals surface area contributed by atoms with Crippen LogP contribution in [0.15, 0.2) is 78.9 Å². The van der Waals surface area contributed by atoms with Crippen molar-refractivity contribution in [3.05, 3.63) is 101 Å². The summed E-state index contributed by atoms with van der Waals surface area (Å²) in [5.74, 6) is -0.479. The molecule has 168 valence electrons. The minimum absolute atomic E-state index is 0.0793. The van der Waals surface area contributed by atoms with E-state index in [1.807, 2.05) is 65.6 Å². The fourth-order valence-electron chi connectivity index (χ4n) is 6.25. The van der Waals surface area contributed by atoms with Crippen LogP contribution in [-0.2, 0) is 4.79 Å². The zero-order chi connectivity index (χ0) is 23.6. The molecule has 0 radical (unpaired) electrons. The Bertz CT molecular complexity index is 1350. The van der Waals surface area contributed by atoms with Gasteiger partial charge in [-0.3, -0.25) is 14.4 Å². The lowest BCUT2D eigenvalue weighted by Gasteiger charge is -2.37. The maximum Gasteiger partial charge on any atom is 0.180 e. The van der Waals surface area contributed by atoms with E-state index in [-0.39, 0.29) is 17.3 Å². The molecule has 3 atom stereocenters. The maximum absolute atomic E-state index is 14.3. The van der Waals surface area contributed by atoms with E-state index in [2.05, 4.69) is 0 Å². The highest BCUT2D eigenvalue weighted by atomic mass is 16.5. The van der Waals surface area contributed by atoms with Gasteiger partial charge in [-0.2, -0.15) is 0 Å². The van der Waals surface area contributed by atoms with Crippen molar-refractivity contribution in [1.82, 2.24) is 0 Å². The van der Waals surface area contributed by atoms with Gasteiger partial charge in [0.15, 0.2) is 17.3 Å². The summed E-state index contributed by atoms with van der Waals surface area (Å²) >= 11 is 0. The average Bonchev–Trinajstić information content (AvgIpc) is 3.31. The van der Waals surface area contributed by atoms with E-state index < -0.39 is 23.4 Å². The number of hydrogen-bond acceptors (Lipinski definition) is 5. The minimum Gasteiger partial charge on any atom is -0.497 e. The van der Waals surface area contributed by atoms with E-state index in [0.29, 0.717) is 16.9 Å². The van der Waals surface area contributed by atoms with Gasteiger partial charge < -0.3 is 9.64 Å². The second-order valence-electron chi connectivity index (χ2n) is 9.15. The first-order valence-electron chi connectivity index (χ1n) is 11.4. The molecule has 3 aliphatic rings. The first-order valence-corrected chi connectivity index (χ1v) is 11.4. The number of nitrogens with zero attached hydrogens (tertiary/aromatic N) is 1. The van der Waals surface area contributed by atoms with Crippen molar-refractivity contribution in [2.24, 2.45) is 5.41 Å². The summed E-state index contributed by atoms with van der Waals surface area (Å²) in [5.41, 5.74) is 2.03. The Kier molecular flexibility index (Phi) is 4.40. The van der Waals surface area contributed by atoms with Crippen molar-refractivity contribution in [2.45, 2.75) is 24.9 Å². The van der Waals surface area contributed by atoms with Gasteiger partial charge in [0.05, 0.1) is 19.2 Å². The molecule has 1 saturated heterocycles. The molecule has 2 aliphatic heterocycles. The normalized spacial score (nSPS) is 23.6. The molecular formula is C29H23NO4. The van der Waals surface area contributed by atoms with Crippen molar-refractivity contribution in [3.63, 3.8) is 0 Å². The van der Waals surface area contributed by atoms with Crippen molar-refractivity contribution in [3.8, 4) is 5.75 Å². The topological polar surface area (TPSA) is 63.7 Å². The molecule has 1 spiro atoms. The van der Waals surface area contributed by atoms with Crippen LogP contribution < -0.4 is 9.64 Å². The van der Waals surface area contributed by atoms with Gasteiger partial charge in [0.25, 0.3) is 0 Å². The molecule has 1 fully saturated rings. The quantitative estimate of drug-likeness (QED) is 0.542. The Labute approximate surface area is 197 Å². The number of anilines is 1. The Balaban J connectivity index is 1.66. The number of rotatable bonds is 3. The lowest BCUT2D eigenvalue weighted by molar-refractivity contribution is -0.118. The van der Waals surface area contributed by atoms with Crippen LogP contribution >= 0.6 is 0 Å². The van der Waals surface area contributed by atoms with E-state index in [1.165, 1.54) is 0 Å². The smallest absolute Gasteiger partial charge is 0.180 e. The van der Waals surface area contributed by atoms with Crippen LogP contribution in [0.25, 0.3) is 6.08 Å². The summed E-state index contributed by atoms with van der Waals surface area (Å²) < 4.78 is 5.33. The molecule has 6 rings (SSSR count). The van der Waals surface area contributed by atoms with Gasteiger partial charge >= 0.3 is 0 Å². The van der Waals surface area contributed by atoms with Crippen LogP contribution in [0.3, 0.4) is 0 Å². The lowest BCUT2D eigenvalue weighted by atomic mass is 9.64. The molecular weight excluding hydrogens is 426 g/mol. The van der Waals surface area contributed by atoms with Crippen molar-refractivity contribution < 1.29 is 19.1 Å². The molecule has 5 nitrogen and oxygen atoms in total. The second kappa shape index (κ2) is 7.26. The molecule has 0 aromatic heterocycles. The molecule has 2 heterocycles. The number of ketones is 3. The predicted octanol–water partition coefficient (Wildman–Crippen LogP) is 4.72. The molecule has 0 amide bonds. The highest BCUT2D eigenvalue weighted by Gasteiger charge is 2.71. The van der Waals surface area contributed by atoms with E-state index in [1.54, 1.807) is 38.3 Å². The van der Waals surface area contributed by atoms with Gasteiger partial charge in [-0.25, -0.2) is 0 Å². The van der Waals surface area contributed by atoms with Gasteiger partial charge in [0.1, 0.15) is 11.2 Å². The Morgan fingerprint density at radius 1 is 0.882 bits per heavy atom. The number of methoxy groups -OCH3 is 1. The van der Waals surface area contributed by atoms with E-state index in [0.717, 1.165) is 16.8 Å². The second-order valence-corrected chi connectivity index (χ2v) is 9.15. The SMILES string of the molecule is COc1ccc(C2C(C(C)=O)N3c4ccccc4C=CC3C23C(=O)c2ccccc2C3=O)cc1. The molecule has 0 bridgehead atoms. The molecule has 3 unspecified atom stereocenters. The molecule has 0 N–H and O–H groups in total. The van der Waals surface area contributed by atoms with E-state index in [4.69, 9.17) is 4.74 Å². The summed E-state index contributed by atoms with van der Waals surface area (Å²) in [6.07, 6.45) is 3.90. The van der Waals surface area contributed by atoms with Crippen molar-refractivity contribution >= 4 is 29.1 Å². The third-order valence-corrected chi connectivity index (χ3v) is 7.60. The highest BCUT2D eigenvalue weighted by Crippen LogP contribution is 2.60. The Morgan fingerprint density at radius 3 is 2.12 bits per heavy atom. The number of fused-ring (bicyclic) bond motifs is 5. The number of benzene rings is 3. The van der Waals surface area contributed by atoms with Gasteiger partial charge in [-0.1, -0.05) is 66.7 Å². The van der Waals surface area contributed by atoms with Crippen LogP contribution in [0.2, 0.25) is 0 Å².